The molecule has 3 aromatic carbocycles. The predicted molar refractivity (Wildman–Crippen MR) is 117 cm³/mol. The highest BCUT2D eigenvalue weighted by Crippen LogP contribution is 2.46. The molecule has 140 valence electrons. The van der Waals surface area contributed by atoms with Gasteiger partial charge >= 0.3 is 0 Å². The van der Waals surface area contributed by atoms with E-state index in [9.17, 15) is 0 Å². The molecule has 0 aliphatic rings. The Hall–Kier alpha value is -2.34. The van der Waals surface area contributed by atoms with Gasteiger partial charge in [0.25, 0.3) is 0 Å². The molecule has 0 fully saturated rings. The highest BCUT2D eigenvalue weighted by molar-refractivity contribution is 5.51. The second-order valence-corrected chi connectivity index (χ2v) is 7.66. The van der Waals surface area contributed by atoms with Gasteiger partial charge in [-0.1, -0.05) is 131 Å². The standard InChI is InChI=1S/C27H32/c1-3-4-5-9-16-23(2)27(24-17-10-6-11-18-24,25-19-12-7-13-20-25)26-21-14-8-15-22-26/h6-8,10-15,17-23H,3-5,9,16H2,1-2H3. The van der Waals surface area contributed by atoms with E-state index >= 15 is 0 Å². The zero-order chi connectivity index (χ0) is 19.0. The van der Waals surface area contributed by atoms with Crippen LogP contribution in [0.5, 0.6) is 0 Å². The van der Waals surface area contributed by atoms with Gasteiger partial charge in [-0.2, -0.15) is 0 Å². The van der Waals surface area contributed by atoms with Gasteiger partial charge in [-0.05, 0) is 29.0 Å². The van der Waals surface area contributed by atoms with E-state index in [1.165, 1.54) is 48.8 Å². The molecule has 0 bridgehead atoms. The Bertz CT molecular complexity index is 677. The van der Waals surface area contributed by atoms with Crippen molar-refractivity contribution < 1.29 is 0 Å². The first-order chi connectivity index (χ1) is 13.3. The molecule has 0 saturated carbocycles. The largest absolute Gasteiger partial charge is 0.0654 e. The Morgan fingerprint density at radius 1 is 0.593 bits per heavy atom. The molecule has 0 saturated heterocycles. The van der Waals surface area contributed by atoms with E-state index in [2.05, 4.69) is 105 Å². The van der Waals surface area contributed by atoms with Crippen molar-refractivity contribution in [3.8, 4) is 0 Å². The van der Waals surface area contributed by atoms with Crippen molar-refractivity contribution in [2.75, 3.05) is 0 Å². The van der Waals surface area contributed by atoms with E-state index in [1.54, 1.807) is 0 Å². The predicted octanol–water partition coefficient (Wildman–Crippen LogP) is 7.63. The molecular weight excluding hydrogens is 324 g/mol. The number of hydrogen-bond donors (Lipinski definition) is 0. The lowest BCUT2D eigenvalue weighted by Gasteiger charge is -2.41. The van der Waals surface area contributed by atoms with Gasteiger partial charge in [0.15, 0.2) is 0 Å². The monoisotopic (exact) mass is 356 g/mol. The second kappa shape index (κ2) is 9.55. The summed E-state index contributed by atoms with van der Waals surface area (Å²) in [6, 6.07) is 33.3. The summed E-state index contributed by atoms with van der Waals surface area (Å²) in [5, 5.41) is 0. The molecule has 0 heteroatoms. The van der Waals surface area contributed by atoms with Crippen LogP contribution in [0.3, 0.4) is 0 Å². The molecule has 1 atom stereocenters. The molecule has 0 spiro atoms. The molecular formula is C27H32. The third-order valence-electron chi connectivity index (χ3n) is 5.92. The third kappa shape index (κ3) is 4.16. The quantitative estimate of drug-likeness (QED) is 0.273. The van der Waals surface area contributed by atoms with Gasteiger partial charge < -0.3 is 0 Å². The first kappa shape index (κ1) is 19.4. The molecule has 0 aliphatic heterocycles. The van der Waals surface area contributed by atoms with E-state index in [0.717, 1.165) is 0 Å². The Morgan fingerprint density at radius 2 is 1.00 bits per heavy atom. The molecule has 27 heavy (non-hydrogen) atoms. The highest BCUT2D eigenvalue weighted by atomic mass is 14.4. The maximum absolute atomic E-state index is 2.44. The van der Waals surface area contributed by atoms with Crippen LogP contribution in [0, 0.1) is 5.92 Å². The van der Waals surface area contributed by atoms with Crippen LogP contribution in [-0.2, 0) is 5.41 Å². The fraction of sp³-hybridized carbons (Fsp3) is 0.333. The normalized spacial score (nSPS) is 12.7. The Balaban J connectivity index is 2.14. The molecule has 0 aromatic heterocycles. The van der Waals surface area contributed by atoms with Gasteiger partial charge in [0.2, 0.25) is 0 Å². The van der Waals surface area contributed by atoms with Crippen molar-refractivity contribution in [1.29, 1.82) is 0 Å². The number of benzene rings is 3. The van der Waals surface area contributed by atoms with Gasteiger partial charge in [0.1, 0.15) is 0 Å². The molecule has 1 unspecified atom stereocenters. The summed E-state index contributed by atoms with van der Waals surface area (Å²) in [5.41, 5.74) is 4.07. The Kier molecular flexibility index (Phi) is 6.87. The maximum atomic E-state index is 2.44. The fourth-order valence-electron chi connectivity index (χ4n) is 4.55. The van der Waals surface area contributed by atoms with Crippen LogP contribution in [0.2, 0.25) is 0 Å². The first-order valence-electron chi connectivity index (χ1n) is 10.5. The van der Waals surface area contributed by atoms with E-state index in [0.29, 0.717) is 5.92 Å². The molecule has 0 nitrogen and oxygen atoms in total. The minimum absolute atomic E-state index is 0.115. The van der Waals surface area contributed by atoms with Crippen LogP contribution in [0.15, 0.2) is 91.0 Å². The molecule has 3 aromatic rings. The third-order valence-corrected chi connectivity index (χ3v) is 5.92. The van der Waals surface area contributed by atoms with Gasteiger partial charge in [-0.25, -0.2) is 0 Å². The molecule has 0 radical (unpaired) electrons. The topological polar surface area (TPSA) is 0 Å². The second-order valence-electron chi connectivity index (χ2n) is 7.66. The number of rotatable bonds is 9. The molecule has 0 aliphatic carbocycles. The first-order valence-corrected chi connectivity index (χ1v) is 10.5. The summed E-state index contributed by atoms with van der Waals surface area (Å²) in [6.07, 6.45) is 6.48. The van der Waals surface area contributed by atoms with Crippen LogP contribution in [0.4, 0.5) is 0 Å². The van der Waals surface area contributed by atoms with Crippen LogP contribution in [-0.4, -0.2) is 0 Å². The number of unbranched alkanes of at least 4 members (excludes halogenated alkanes) is 3. The summed E-state index contributed by atoms with van der Waals surface area (Å²) in [7, 11) is 0. The summed E-state index contributed by atoms with van der Waals surface area (Å²) >= 11 is 0. The molecule has 0 N–H and O–H groups in total. The summed E-state index contributed by atoms with van der Waals surface area (Å²) < 4.78 is 0. The fourth-order valence-corrected chi connectivity index (χ4v) is 4.55. The van der Waals surface area contributed by atoms with Crippen molar-refractivity contribution in [1.82, 2.24) is 0 Å². The van der Waals surface area contributed by atoms with E-state index in [-0.39, 0.29) is 5.41 Å². The van der Waals surface area contributed by atoms with Gasteiger partial charge in [0.05, 0.1) is 0 Å². The average Bonchev–Trinajstić information content (AvgIpc) is 2.74. The van der Waals surface area contributed by atoms with Gasteiger partial charge in [-0.15, -0.1) is 0 Å². The van der Waals surface area contributed by atoms with E-state index in [4.69, 9.17) is 0 Å². The molecule has 0 heterocycles. The molecule has 3 rings (SSSR count). The molecule has 0 amide bonds. The van der Waals surface area contributed by atoms with Crippen LogP contribution in [0.25, 0.3) is 0 Å². The average molecular weight is 357 g/mol. The Morgan fingerprint density at radius 3 is 1.37 bits per heavy atom. The minimum atomic E-state index is -0.115. The Labute approximate surface area is 165 Å². The van der Waals surface area contributed by atoms with Gasteiger partial charge in [0, 0.05) is 5.41 Å². The zero-order valence-corrected chi connectivity index (χ0v) is 16.8. The minimum Gasteiger partial charge on any atom is -0.0654 e. The van der Waals surface area contributed by atoms with Crippen molar-refractivity contribution >= 4 is 0 Å². The van der Waals surface area contributed by atoms with E-state index in [1.807, 2.05) is 0 Å². The van der Waals surface area contributed by atoms with Crippen molar-refractivity contribution in [3.05, 3.63) is 108 Å². The lowest BCUT2D eigenvalue weighted by Crippen LogP contribution is -2.36. The lowest BCUT2D eigenvalue weighted by atomic mass is 9.61. The highest BCUT2D eigenvalue weighted by Gasteiger charge is 2.40. The maximum Gasteiger partial charge on any atom is 0.0476 e. The number of hydrogen-bond acceptors (Lipinski definition) is 0. The van der Waals surface area contributed by atoms with Crippen molar-refractivity contribution in [2.24, 2.45) is 5.92 Å². The zero-order valence-electron chi connectivity index (χ0n) is 16.8. The van der Waals surface area contributed by atoms with E-state index < -0.39 is 0 Å². The van der Waals surface area contributed by atoms with Crippen LogP contribution >= 0.6 is 0 Å². The summed E-state index contributed by atoms with van der Waals surface area (Å²) in [4.78, 5) is 0. The van der Waals surface area contributed by atoms with Crippen LogP contribution in [0.1, 0.15) is 62.6 Å². The SMILES string of the molecule is CCCCCCC(C)C(c1ccccc1)(c1ccccc1)c1ccccc1. The summed E-state index contributed by atoms with van der Waals surface area (Å²) in [5.74, 6) is 0.515. The van der Waals surface area contributed by atoms with Crippen molar-refractivity contribution in [2.45, 2.75) is 51.4 Å². The lowest BCUT2D eigenvalue weighted by molar-refractivity contribution is 0.363. The van der Waals surface area contributed by atoms with Crippen molar-refractivity contribution in [3.63, 3.8) is 0 Å². The van der Waals surface area contributed by atoms with Crippen LogP contribution < -0.4 is 0 Å². The summed E-state index contributed by atoms with van der Waals surface area (Å²) in [6.45, 7) is 4.73. The van der Waals surface area contributed by atoms with Gasteiger partial charge in [-0.3, -0.25) is 0 Å². The smallest absolute Gasteiger partial charge is 0.0476 e.